The molecule has 0 atom stereocenters. The number of anilines is 1. The number of para-hydroxylation sites is 1. The fourth-order valence-electron chi connectivity index (χ4n) is 3.43. The molecule has 0 spiro atoms. The van der Waals surface area contributed by atoms with Gasteiger partial charge in [-0.25, -0.2) is 0 Å². The number of halogens is 1. The zero-order valence-corrected chi connectivity index (χ0v) is 17.4. The summed E-state index contributed by atoms with van der Waals surface area (Å²) in [6.45, 7) is 1.21. The average Bonchev–Trinajstić information content (AvgIpc) is 3.06. The van der Waals surface area contributed by atoms with Gasteiger partial charge in [-0.2, -0.15) is 0 Å². The third-order valence-corrected chi connectivity index (χ3v) is 5.50. The Morgan fingerprint density at radius 1 is 0.969 bits per heavy atom. The van der Waals surface area contributed by atoms with Crippen LogP contribution < -0.4 is 10.6 Å². The van der Waals surface area contributed by atoms with Crippen LogP contribution in [-0.4, -0.2) is 69.7 Å². The molecule has 3 heterocycles. The van der Waals surface area contributed by atoms with Crippen molar-refractivity contribution in [3.05, 3.63) is 64.6 Å². The molecule has 2 aliphatic heterocycles. The highest BCUT2D eigenvalue weighted by Crippen LogP contribution is 2.31. The van der Waals surface area contributed by atoms with E-state index >= 15 is 0 Å². The van der Waals surface area contributed by atoms with Gasteiger partial charge in [-0.3, -0.25) is 29.5 Å². The summed E-state index contributed by atoms with van der Waals surface area (Å²) in [4.78, 5) is 56.1. The lowest BCUT2D eigenvalue weighted by Gasteiger charge is -2.34. The summed E-state index contributed by atoms with van der Waals surface area (Å²) in [5.74, 6) is -2.49. The molecule has 2 aromatic rings. The molecule has 4 rings (SSSR count). The fraction of sp³-hybridized carbons (Fsp3) is 0.190. The van der Waals surface area contributed by atoms with Gasteiger partial charge in [0.05, 0.1) is 11.3 Å². The molecule has 0 saturated carbocycles. The van der Waals surface area contributed by atoms with Crippen LogP contribution in [0.5, 0.6) is 5.75 Å². The van der Waals surface area contributed by atoms with Gasteiger partial charge in [0, 0.05) is 32.4 Å². The van der Waals surface area contributed by atoms with Crippen LogP contribution in [0.15, 0.2) is 53.3 Å². The van der Waals surface area contributed by atoms with E-state index in [1.165, 1.54) is 23.1 Å². The molecule has 1 aromatic carbocycles. The van der Waals surface area contributed by atoms with Gasteiger partial charge in [-0.1, -0.05) is 23.7 Å². The third-order valence-electron chi connectivity index (χ3n) is 5.14. The minimum absolute atomic E-state index is 0.0148. The number of imide groups is 1. The van der Waals surface area contributed by atoms with Crippen LogP contribution in [-0.2, 0) is 9.59 Å². The number of aromatic hydroxyl groups is 1. The Morgan fingerprint density at radius 3 is 2.25 bits per heavy atom. The summed E-state index contributed by atoms with van der Waals surface area (Å²) < 4.78 is 0. The molecule has 0 bridgehead atoms. The van der Waals surface area contributed by atoms with Crippen LogP contribution >= 0.6 is 11.6 Å². The average molecular weight is 456 g/mol. The number of rotatable bonds is 4. The molecule has 10 nitrogen and oxygen atoms in total. The topological polar surface area (TPSA) is 132 Å². The van der Waals surface area contributed by atoms with Crippen LogP contribution in [0.2, 0.25) is 0 Å². The number of piperazine rings is 1. The van der Waals surface area contributed by atoms with Crippen molar-refractivity contribution in [2.45, 2.75) is 0 Å². The van der Waals surface area contributed by atoms with Crippen LogP contribution in [0.1, 0.15) is 20.8 Å². The maximum absolute atomic E-state index is 13.0. The minimum atomic E-state index is -0.746. The zero-order chi connectivity index (χ0) is 22.8. The van der Waals surface area contributed by atoms with Crippen molar-refractivity contribution in [1.29, 1.82) is 0 Å². The van der Waals surface area contributed by atoms with E-state index in [2.05, 4.69) is 10.3 Å². The molecular formula is C21H18ClN5O5. The fourth-order valence-corrected chi connectivity index (χ4v) is 3.61. The largest absolute Gasteiger partial charge is 0.505 e. The molecule has 1 aromatic heterocycles. The summed E-state index contributed by atoms with van der Waals surface area (Å²) in [5, 5.41) is 14.9. The molecule has 4 amide bonds. The Labute approximate surface area is 187 Å². The van der Waals surface area contributed by atoms with E-state index in [-0.39, 0.29) is 46.7 Å². The predicted molar refractivity (Wildman–Crippen MR) is 114 cm³/mol. The van der Waals surface area contributed by atoms with E-state index in [0.29, 0.717) is 18.8 Å². The number of amides is 4. The van der Waals surface area contributed by atoms with Gasteiger partial charge in [0.1, 0.15) is 16.4 Å². The van der Waals surface area contributed by atoms with Crippen LogP contribution in [0.25, 0.3) is 0 Å². The molecule has 2 aliphatic rings. The number of phenolic OH excluding ortho intramolecular Hbond substituents is 1. The predicted octanol–water partition coefficient (Wildman–Crippen LogP) is 0.904. The van der Waals surface area contributed by atoms with Crippen molar-refractivity contribution in [3.63, 3.8) is 0 Å². The monoisotopic (exact) mass is 455 g/mol. The molecule has 0 unspecified atom stereocenters. The maximum Gasteiger partial charge on any atom is 0.276 e. The number of pyridine rings is 1. The highest BCUT2D eigenvalue weighted by molar-refractivity contribution is 6.48. The second-order valence-corrected chi connectivity index (χ2v) is 7.48. The van der Waals surface area contributed by atoms with Gasteiger partial charge in [-0.15, -0.1) is 0 Å². The lowest BCUT2D eigenvalue weighted by Crippen LogP contribution is -2.50. The number of aromatic nitrogens is 1. The SMILES string of the molecule is O=C1NC(=O)C(Nc2cccc(C(=O)N3CCN(C(=O)c4ccccn4)CC3)c2O)=C1Cl. The smallest absolute Gasteiger partial charge is 0.276 e. The Kier molecular flexibility index (Phi) is 5.78. The maximum atomic E-state index is 13.0. The molecule has 1 saturated heterocycles. The summed E-state index contributed by atoms with van der Waals surface area (Å²) in [6, 6.07) is 9.52. The lowest BCUT2D eigenvalue weighted by molar-refractivity contribution is -0.123. The summed E-state index contributed by atoms with van der Waals surface area (Å²) in [6.07, 6.45) is 1.55. The number of carbonyl (C=O) groups is 4. The van der Waals surface area contributed by atoms with Crippen LogP contribution in [0, 0.1) is 0 Å². The molecule has 1 fully saturated rings. The zero-order valence-electron chi connectivity index (χ0n) is 16.7. The van der Waals surface area contributed by atoms with Crippen LogP contribution in [0.3, 0.4) is 0 Å². The van der Waals surface area contributed by atoms with E-state index in [4.69, 9.17) is 11.6 Å². The first kappa shape index (κ1) is 21.3. The lowest BCUT2D eigenvalue weighted by atomic mass is 10.1. The first-order valence-electron chi connectivity index (χ1n) is 9.71. The summed E-state index contributed by atoms with van der Waals surface area (Å²) >= 11 is 5.82. The van der Waals surface area contributed by atoms with E-state index in [1.807, 2.05) is 5.32 Å². The molecular weight excluding hydrogens is 438 g/mol. The van der Waals surface area contributed by atoms with Crippen molar-refractivity contribution in [2.24, 2.45) is 0 Å². The van der Waals surface area contributed by atoms with Gasteiger partial charge >= 0.3 is 0 Å². The van der Waals surface area contributed by atoms with Gasteiger partial charge in [0.2, 0.25) is 0 Å². The standard InChI is InChI=1S/C21H18ClN5O5/c22-15-16(19(30)25-18(15)29)24-13-6-3-4-12(17(13)28)20(31)26-8-10-27(11-9-26)21(32)14-5-1-2-7-23-14/h1-7,28H,8-11H2,(H2,24,25,29,30). The molecule has 3 N–H and O–H groups in total. The van der Waals surface area contributed by atoms with Crippen molar-refractivity contribution >= 4 is 40.9 Å². The normalized spacial score (nSPS) is 16.3. The summed E-state index contributed by atoms with van der Waals surface area (Å²) in [7, 11) is 0. The Balaban J connectivity index is 1.45. The van der Waals surface area contributed by atoms with Crippen molar-refractivity contribution in [1.82, 2.24) is 20.1 Å². The first-order valence-corrected chi connectivity index (χ1v) is 10.1. The summed E-state index contributed by atoms with van der Waals surface area (Å²) in [5.41, 5.74) is 0.197. The number of phenols is 1. The number of nitrogens with one attached hydrogen (secondary N) is 2. The quantitative estimate of drug-likeness (QED) is 0.461. The van der Waals surface area contributed by atoms with Gasteiger partial charge in [-0.05, 0) is 24.3 Å². The number of benzene rings is 1. The van der Waals surface area contributed by atoms with E-state index in [9.17, 15) is 24.3 Å². The number of carbonyl (C=O) groups excluding carboxylic acids is 4. The number of hydrogen-bond acceptors (Lipinski definition) is 7. The molecule has 11 heteroatoms. The van der Waals surface area contributed by atoms with E-state index in [1.54, 1.807) is 29.3 Å². The number of nitrogens with zero attached hydrogens (tertiary/aromatic N) is 3. The van der Waals surface area contributed by atoms with Gasteiger partial charge in [0.25, 0.3) is 23.6 Å². The highest BCUT2D eigenvalue weighted by atomic mass is 35.5. The van der Waals surface area contributed by atoms with E-state index < -0.39 is 17.7 Å². The molecule has 0 radical (unpaired) electrons. The van der Waals surface area contributed by atoms with Crippen molar-refractivity contribution in [2.75, 3.05) is 31.5 Å². The van der Waals surface area contributed by atoms with Crippen molar-refractivity contribution < 1.29 is 24.3 Å². The first-order chi connectivity index (χ1) is 15.4. The Hall–Kier alpha value is -3.92. The molecule has 32 heavy (non-hydrogen) atoms. The number of hydrogen-bond donors (Lipinski definition) is 3. The highest BCUT2D eigenvalue weighted by Gasteiger charge is 2.31. The van der Waals surface area contributed by atoms with Gasteiger partial charge < -0.3 is 20.2 Å². The van der Waals surface area contributed by atoms with Crippen molar-refractivity contribution in [3.8, 4) is 5.75 Å². The van der Waals surface area contributed by atoms with Gasteiger partial charge in [0.15, 0.2) is 5.75 Å². The Bertz CT molecular complexity index is 1140. The second kappa shape index (κ2) is 8.67. The molecule has 164 valence electrons. The van der Waals surface area contributed by atoms with Crippen LogP contribution in [0.4, 0.5) is 5.69 Å². The molecule has 0 aliphatic carbocycles. The Morgan fingerprint density at radius 2 is 1.66 bits per heavy atom. The second-order valence-electron chi connectivity index (χ2n) is 7.10. The minimum Gasteiger partial charge on any atom is -0.505 e. The van der Waals surface area contributed by atoms with E-state index in [0.717, 1.165) is 0 Å². The third kappa shape index (κ3) is 4.00.